The van der Waals surface area contributed by atoms with Gasteiger partial charge in [0, 0.05) is 22.4 Å². The number of nitrogens with zero attached hydrogens (tertiary/aromatic N) is 1. The zero-order chi connectivity index (χ0) is 20.1. The molecule has 3 aromatic rings. The van der Waals surface area contributed by atoms with E-state index in [1.54, 1.807) is 24.3 Å². The molecule has 1 N–H and O–H groups in total. The molecule has 6 heteroatoms. The van der Waals surface area contributed by atoms with Gasteiger partial charge in [0.15, 0.2) is 17.5 Å². The van der Waals surface area contributed by atoms with Crippen molar-refractivity contribution in [2.45, 2.75) is 27.2 Å². The molecule has 0 fully saturated rings. The van der Waals surface area contributed by atoms with Gasteiger partial charge in [-0.2, -0.15) is 0 Å². The van der Waals surface area contributed by atoms with Crippen LogP contribution in [0.15, 0.2) is 48.5 Å². The maximum Gasteiger partial charge on any atom is 0.264 e. The molecule has 1 aromatic heterocycles. The first-order valence-electron chi connectivity index (χ1n) is 9.06. The lowest BCUT2D eigenvalue weighted by molar-refractivity contribution is -0.118. The number of benzene rings is 2. The molecule has 28 heavy (non-hydrogen) atoms. The van der Waals surface area contributed by atoms with Crippen molar-refractivity contribution in [3.8, 4) is 17.0 Å². The Morgan fingerprint density at radius 1 is 1.04 bits per heavy atom. The first-order valence-corrected chi connectivity index (χ1v) is 9.88. The molecular weight excluding hydrogens is 372 g/mol. The molecule has 0 aliphatic carbocycles. The Kier molecular flexibility index (Phi) is 6.21. The summed E-state index contributed by atoms with van der Waals surface area (Å²) in [4.78, 5) is 29.4. The predicted octanol–water partition coefficient (Wildman–Crippen LogP) is 5.04. The van der Waals surface area contributed by atoms with Crippen LogP contribution in [0.4, 0.5) is 5.13 Å². The second kappa shape index (κ2) is 8.80. The van der Waals surface area contributed by atoms with Crippen LogP contribution < -0.4 is 10.1 Å². The van der Waals surface area contributed by atoms with E-state index in [-0.39, 0.29) is 18.3 Å². The number of carbonyl (C=O) groups is 2. The van der Waals surface area contributed by atoms with Crippen LogP contribution in [0.5, 0.6) is 5.75 Å². The second-order valence-corrected chi connectivity index (χ2v) is 7.63. The van der Waals surface area contributed by atoms with Gasteiger partial charge in [0.1, 0.15) is 5.75 Å². The first-order chi connectivity index (χ1) is 13.5. The molecule has 2 aromatic carbocycles. The zero-order valence-corrected chi connectivity index (χ0v) is 16.9. The molecular formula is C22H22N2O3S. The molecule has 0 saturated heterocycles. The van der Waals surface area contributed by atoms with Gasteiger partial charge in [-0.25, -0.2) is 4.98 Å². The number of rotatable bonds is 7. The number of thiazole rings is 1. The van der Waals surface area contributed by atoms with Crippen molar-refractivity contribution >= 4 is 28.2 Å². The van der Waals surface area contributed by atoms with E-state index in [0.717, 1.165) is 16.1 Å². The number of amides is 1. The predicted molar refractivity (Wildman–Crippen MR) is 112 cm³/mol. The summed E-state index contributed by atoms with van der Waals surface area (Å²) < 4.78 is 5.50. The second-order valence-electron chi connectivity index (χ2n) is 6.43. The monoisotopic (exact) mass is 394 g/mol. The lowest BCUT2D eigenvalue weighted by Crippen LogP contribution is -2.20. The Bertz CT molecular complexity index is 976. The SMILES string of the molecule is CCC(=O)c1ccc(OCC(=O)Nc2nc(-c3ccc(C)cc3)c(C)s2)cc1. The van der Waals surface area contributed by atoms with Gasteiger partial charge in [-0.05, 0) is 38.1 Å². The summed E-state index contributed by atoms with van der Waals surface area (Å²) in [5.41, 5.74) is 3.73. The number of ether oxygens (including phenoxy) is 1. The standard InChI is InChI=1S/C22H22N2O3S/c1-4-19(25)16-9-11-18(12-10-16)27-13-20(26)23-22-24-21(15(3)28-22)17-7-5-14(2)6-8-17/h5-12H,4,13H2,1-3H3,(H,23,24,26). The molecule has 0 saturated carbocycles. The minimum atomic E-state index is -0.280. The largest absolute Gasteiger partial charge is 0.484 e. The zero-order valence-electron chi connectivity index (χ0n) is 16.1. The number of nitrogens with one attached hydrogen (secondary N) is 1. The quantitative estimate of drug-likeness (QED) is 0.570. The average Bonchev–Trinajstić information content (AvgIpc) is 3.06. The highest BCUT2D eigenvalue weighted by atomic mass is 32.1. The highest BCUT2D eigenvalue weighted by Crippen LogP contribution is 2.30. The summed E-state index contributed by atoms with van der Waals surface area (Å²) in [5, 5.41) is 3.33. The van der Waals surface area contributed by atoms with Gasteiger partial charge in [0.25, 0.3) is 5.91 Å². The molecule has 1 amide bonds. The van der Waals surface area contributed by atoms with Crippen molar-refractivity contribution in [3.63, 3.8) is 0 Å². The third-order valence-electron chi connectivity index (χ3n) is 4.24. The summed E-state index contributed by atoms with van der Waals surface area (Å²) >= 11 is 1.43. The maximum absolute atomic E-state index is 12.2. The van der Waals surface area contributed by atoms with Gasteiger partial charge in [-0.3, -0.25) is 14.9 Å². The van der Waals surface area contributed by atoms with Crippen LogP contribution in [-0.4, -0.2) is 23.3 Å². The smallest absolute Gasteiger partial charge is 0.264 e. The Labute approximate surface area is 168 Å². The van der Waals surface area contributed by atoms with E-state index in [9.17, 15) is 9.59 Å². The highest BCUT2D eigenvalue weighted by Gasteiger charge is 2.12. The van der Waals surface area contributed by atoms with Crippen molar-refractivity contribution in [2.24, 2.45) is 0 Å². The van der Waals surface area contributed by atoms with Crippen LogP contribution in [0, 0.1) is 13.8 Å². The normalized spacial score (nSPS) is 10.5. The molecule has 0 aliphatic rings. The summed E-state index contributed by atoms with van der Waals surface area (Å²) in [5.74, 6) is 0.337. The molecule has 0 aliphatic heterocycles. The number of Topliss-reactive ketones (excluding diaryl/α,β-unsaturated/α-hetero) is 1. The van der Waals surface area contributed by atoms with Crippen molar-refractivity contribution in [1.82, 2.24) is 4.98 Å². The summed E-state index contributed by atoms with van der Waals surface area (Å²) in [7, 11) is 0. The van der Waals surface area contributed by atoms with Gasteiger partial charge in [-0.1, -0.05) is 36.8 Å². The summed E-state index contributed by atoms with van der Waals surface area (Å²) in [6.45, 7) is 5.72. The molecule has 0 unspecified atom stereocenters. The van der Waals surface area contributed by atoms with E-state index in [0.29, 0.717) is 22.9 Å². The van der Waals surface area contributed by atoms with Crippen molar-refractivity contribution in [3.05, 3.63) is 64.5 Å². The Morgan fingerprint density at radius 2 is 1.71 bits per heavy atom. The Morgan fingerprint density at radius 3 is 2.36 bits per heavy atom. The minimum Gasteiger partial charge on any atom is -0.484 e. The van der Waals surface area contributed by atoms with E-state index < -0.39 is 0 Å². The topological polar surface area (TPSA) is 68.3 Å². The molecule has 0 atom stereocenters. The number of aromatic nitrogens is 1. The number of hydrogen-bond donors (Lipinski definition) is 1. The van der Waals surface area contributed by atoms with Gasteiger partial charge in [0.05, 0.1) is 5.69 Å². The van der Waals surface area contributed by atoms with Gasteiger partial charge in [-0.15, -0.1) is 11.3 Å². The maximum atomic E-state index is 12.2. The molecule has 3 rings (SSSR count). The average molecular weight is 394 g/mol. The van der Waals surface area contributed by atoms with Crippen LogP contribution >= 0.6 is 11.3 Å². The van der Waals surface area contributed by atoms with E-state index in [4.69, 9.17) is 4.74 Å². The van der Waals surface area contributed by atoms with Gasteiger partial charge < -0.3 is 4.74 Å². The fourth-order valence-corrected chi connectivity index (χ4v) is 3.53. The lowest BCUT2D eigenvalue weighted by Gasteiger charge is -2.06. The summed E-state index contributed by atoms with van der Waals surface area (Å²) in [6, 6.07) is 14.9. The lowest BCUT2D eigenvalue weighted by atomic mass is 10.1. The molecule has 0 radical (unpaired) electrons. The number of ketones is 1. The first kappa shape index (κ1) is 19.8. The molecule has 1 heterocycles. The number of carbonyl (C=O) groups excluding carboxylic acids is 2. The molecule has 144 valence electrons. The van der Waals surface area contributed by atoms with Crippen LogP contribution in [0.2, 0.25) is 0 Å². The van der Waals surface area contributed by atoms with Crippen LogP contribution in [0.3, 0.4) is 0 Å². The third-order valence-corrected chi connectivity index (χ3v) is 5.12. The van der Waals surface area contributed by atoms with Crippen LogP contribution in [-0.2, 0) is 4.79 Å². The fraction of sp³-hybridized carbons (Fsp3) is 0.227. The molecule has 5 nitrogen and oxygen atoms in total. The highest BCUT2D eigenvalue weighted by molar-refractivity contribution is 7.16. The fourth-order valence-electron chi connectivity index (χ4n) is 2.67. The summed E-state index contributed by atoms with van der Waals surface area (Å²) in [6.07, 6.45) is 0.459. The minimum absolute atomic E-state index is 0.0767. The van der Waals surface area contributed by atoms with E-state index in [2.05, 4.69) is 10.3 Å². The number of aryl methyl sites for hydroxylation is 2. The number of anilines is 1. The van der Waals surface area contributed by atoms with E-state index >= 15 is 0 Å². The number of hydrogen-bond acceptors (Lipinski definition) is 5. The van der Waals surface area contributed by atoms with Crippen molar-refractivity contribution < 1.29 is 14.3 Å². The van der Waals surface area contributed by atoms with Crippen LogP contribution in [0.1, 0.15) is 34.1 Å². The van der Waals surface area contributed by atoms with Crippen molar-refractivity contribution in [2.75, 3.05) is 11.9 Å². The van der Waals surface area contributed by atoms with Crippen LogP contribution in [0.25, 0.3) is 11.3 Å². The van der Waals surface area contributed by atoms with Crippen molar-refractivity contribution in [1.29, 1.82) is 0 Å². The third kappa shape index (κ3) is 4.84. The molecule has 0 bridgehead atoms. The molecule has 0 spiro atoms. The Balaban J connectivity index is 1.58. The van der Waals surface area contributed by atoms with Gasteiger partial charge in [0.2, 0.25) is 0 Å². The van der Waals surface area contributed by atoms with Gasteiger partial charge >= 0.3 is 0 Å². The Hall–Kier alpha value is -2.99. The van der Waals surface area contributed by atoms with E-state index in [1.807, 2.05) is 45.0 Å². The van der Waals surface area contributed by atoms with E-state index in [1.165, 1.54) is 16.9 Å².